The highest BCUT2D eigenvalue weighted by Gasteiger charge is 2.31. The first-order valence-corrected chi connectivity index (χ1v) is 5.97. The Bertz CT molecular complexity index is 511. The molecule has 0 radical (unpaired) electrons. The molecule has 0 amide bonds. The Kier molecular flexibility index (Phi) is 3.71. The summed E-state index contributed by atoms with van der Waals surface area (Å²) in [5.41, 5.74) is 5.08. The molecule has 0 atom stereocenters. The average molecular weight is 272 g/mol. The normalized spacial score (nSPS) is 15.7. The van der Waals surface area contributed by atoms with Crippen LogP contribution in [0.4, 0.5) is 5.82 Å². The molecule has 1 aliphatic rings. The number of halogens is 1. The van der Waals surface area contributed by atoms with Crippen molar-refractivity contribution in [1.82, 2.24) is 9.97 Å². The number of amidine groups is 1. The van der Waals surface area contributed by atoms with Gasteiger partial charge in [-0.1, -0.05) is 16.8 Å². The lowest BCUT2D eigenvalue weighted by molar-refractivity contribution is 0.317. The van der Waals surface area contributed by atoms with E-state index in [1.165, 1.54) is 6.33 Å². The predicted molar refractivity (Wildman–Crippen MR) is 68.3 cm³/mol. The third kappa shape index (κ3) is 2.73. The Balaban J connectivity index is 2.19. The Labute approximate surface area is 108 Å². The van der Waals surface area contributed by atoms with Crippen molar-refractivity contribution in [3.8, 4) is 0 Å². The van der Waals surface area contributed by atoms with Crippen LogP contribution in [0.15, 0.2) is 16.3 Å². The van der Waals surface area contributed by atoms with Crippen LogP contribution in [0.2, 0.25) is 5.02 Å². The minimum Gasteiger partial charge on any atom is -0.409 e. The molecule has 8 heteroatoms. The molecule has 0 unspecified atom stereocenters. The predicted octanol–water partition coefficient (Wildman–Crippen LogP) is 0.529. The summed E-state index contributed by atoms with van der Waals surface area (Å²) in [7, 11) is 0. The fraction of sp³-hybridized carbons (Fsp3) is 0.500. The molecule has 1 heterocycles. The topological polar surface area (TPSA) is 108 Å². The summed E-state index contributed by atoms with van der Waals surface area (Å²) in [6, 6.07) is 0.322. The van der Waals surface area contributed by atoms with E-state index in [4.69, 9.17) is 22.5 Å². The summed E-state index contributed by atoms with van der Waals surface area (Å²) in [6.45, 7) is 0.511. The van der Waals surface area contributed by atoms with Gasteiger partial charge in [-0.15, -0.1) is 0 Å². The molecule has 7 nitrogen and oxygen atoms in total. The maximum Gasteiger partial charge on any atom is 0.271 e. The standard InChI is InChI=1S/C10H14ClN5O2/c11-8-9(13-5-14-10(8)17)16(6-1-2-6)4-3-7(12)15-18/h5-6,18H,1-4H2,(H2,12,15)(H,13,14,17). The Morgan fingerprint density at radius 2 is 2.44 bits per heavy atom. The summed E-state index contributed by atoms with van der Waals surface area (Å²) in [6.07, 6.45) is 3.77. The van der Waals surface area contributed by atoms with Gasteiger partial charge in [0.05, 0.1) is 6.33 Å². The fourth-order valence-corrected chi connectivity index (χ4v) is 1.92. The molecule has 0 spiro atoms. The molecule has 0 aromatic carbocycles. The van der Waals surface area contributed by atoms with Gasteiger partial charge >= 0.3 is 0 Å². The number of nitrogens with two attached hydrogens (primary N) is 1. The monoisotopic (exact) mass is 271 g/mol. The second kappa shape index (κ2) is 5.26. The number of nitrogens with zero attached hydrogens (tertiary/aromatic N) is 3. The number of rotatable bonds is 5. The summed E-state index contributed by atoms with van der Waals surface area (Å²) in [5.74, 6) is 0.593. The molecule has 4 N–H and O–H groups in total. The van der Waals surface area contributed by atoms with Crippen LogP contribution in [0, 0.1) is 0 Å². The third-order valence-electron chi connectivity index (χ3n) is 2.78. The van der Waals surface area contributed by atoms with Gasteiger partial charge in [0.1, 0.15) is 10.9 Å². The second-order valence-corrected chi connectivity index (χ2v) is 4.51. The molecule has 0 aliphatic heterocycles. The van der Waals surface area contributed by atoms with Crippen LogP contribution in [-0.4, -0.2) is 33.6 Å². The molecule has 0 bridgehead atoms. The van der Waals surface area contributed by atoms with Crippen LogP contribution < -0.4 is 16.2 Å². The van der Waals surface area contributed by atoms with Crippen LogP contribution in [-0.2, 0) is 0 Å². The van der Waals surface area contributed by atoms with E-state index < -0.39 is 0 Å². The van der Waals surface area contributed by atoms with E-state index in [0.29, 0.717) is 24.8 Å². The number of aromatic amines is 1. The van der Waals surface area contributed by atoms with Crippen molar-refractivity contribution in [2.45, 2.75) is 25.3 Å². The van der Waals surface area contributed by atoms with Gasteiger partial charge in [0.25, 0.3) is 5.56 Å². The SMILES string of the molecule is NC(CCN(c1nc[nH]c(=O)c1Cl)C1CC1)=NO. The second-order valence-electron chi connectivity index (χ2n) is 4.14. The molecule has 18 heavy (non-hydrogen) atoms. The van der Waals surface area contributed by atoms with Crippen molar-refractivity contribution in [1.29, 1.82) is 0 Å². The van der Waals surface area contributed by atoms with Gasteiger partial charge in [-0.2, -0.15) is 0 Å². The van der Waals surface area contributed by atoms with Crippen LogP contribution in [0.1, 0.15) is 19.3 Å². The first-order valence-electron chi connectivity index (χ1n) is 5.59. The average Bonchev–Trinajstić information content (AvgIpc) is 3.18. The lowest BCUT2D eigenvalue weighted by Gasteiger charge is -2.23. The van der Waals surface area contributed by atoms with Gasteiger partial charge < -0.3 is 20.8 Å². The lowest BCUT2D eigenvalue weighted by atomic mass is 10.3. The molecule has 2 rings (SSSR count). The Morgan fingerprint density at radius 1 is 1.72 bits per heavy atom. The van der Waals surface area contributed by atoms with Gasteiger partial charge in [0.15, 0.2) is 5.82 Å². The Morgan fingerprint density at radius 3 is 3.06 bits per heavy atom. The number of oxime groups is 1. The largest absolute Gasteiger partial charge is 0.409 e. The van der Waals surface area contributed by atoms with Gasteiger partial charge in [0.2, 0.25) is 0 Å². The summed E-state index contributed by atoms with van der Waals surface area (Å²) in [4.78, 5) is 19.9. The number of nitrogens with one attached hydrogen (secondary N) is 1. The van der Waals surface area contributed by atoms with E-state index in [-0.39, 0.29) is 16.4 Å². The van der Waals surface area contributed by atoms with Gasteiger partial charge in [-0.3, -0.25) is 4.79 Å². The van der Waals surface area contributed by atoms with Gasteiger partial charge in [-0.05, 0) is 12.8 Å². The number of hydrogen-bond acceptors (Lipinski definition) is 5. The summed E-state index contributed by atoms with van der Waals surface area (Å²) >= 11 is 5.95. The zero-order valence-electron chi connectivity index (χ0n) is 9.64. The number of aromatic nitrogens is 2. The van der Waals surface area contributed by atoms with Gasteiger partial charge in [0, 0.05) is 19.0 Å². The van der Waals surface area contributed by atoms with E-state index in [0.717, 1.165) is 12.8 Å². The molecular weight excluding hydrogens is 258 g/mol. The van der Waals surface area contributed by atoms with Crippen molar-refractivity contribution in [2.75, 3.05) is 11.4 Å². The smallest absolute Gasteiger partial charge is 0.271 e. The maximum atomic E-state index is 11.4. The van der Waals surface area contributed by atoms with Gasteiger partial charge in [-0.25, -0.2) is 4.98 Å². The van der Waals surface area contributed by atoms with E-state index >= 15 is 0 Å². The van der Waals surface area contributed by atoms with Crippen molar-refractivity contribution in [3.63, 3.8) is 0 Å². The van der Waals surface area contributed by atoms with Crippen molar-refractivity contribution in [2.24, 2.45) is 10.9 Å². The third-order valence-corrected chi connectivity index (χ3v) is 3.12. The van der Waals surface area contributed by atoms with Crippen LogP contribution in [0.3, 0.4) is 0 Å². The molecule has 1 aromatic heterocycles. The van der Waals surface area contributed by atoms with Crippen molar-refractivity contribution in [3.05, 3.63) is 21.7 Å². The molecular formula is C10H14ClN5O2. The maximum absolute atomic E-state index is 11.4. The summed E-state index contributed by atoms with van der Waals surface area (Å²) < 4.78 is 0. The molecule has 1 fully saturated rings. The Hall–Kier alpha value is -1.76. The highest BCUT2D eigenvalue weighted by atomic mass is 35.5. The number of H-pyrrole nitrogens is 1. The van der Waals surface area contributed by atoms with E-state index in [1.807, 2.05) is 4.90 Å². The zero-order chi connectivity index (χ0) is 13.1. The van der Waals surface area contributed by atoms with E-state index in [2.05, 4.69) is 15.1 Å². The highest BCUT2D eigenvalue weighted by molar-refractivity contribution is 6.32. The molecule has 1 aromatic rings. The number of hydrogen-bond donors (Lipinski definition) is 3. The number of anilines is 1. The minimum atomic E-state index is -0.365. The van der Waals surface area contributed by atoms with E-state index in [9.17, 15) is 4.79 Å². The fourth-order valence-electron chi connectivity index (χ4n) is 1.71. The molecule has 1 saturated carbocycles. The lowest BCUT2D eigenvalue weighted by Crippen LogP contribution is -2.32. The van der Waals surface area contributed by atoms with E-state index in [1.54, 1.807) is 0 Å². The van der Waals surface area contributed by atoms with Crippen molar-refractivity contribution < 1.29 is 5.21 Å². The molecule has 98 valence electrons. The highest BCUT2D eigenvalue weighted by Crippen LogP contribution is 2.32. The molecule has 0 saturated heterocycles. The van der Waals surface area contributed by atoms with Crippen molar-refractivity contribution >= 4 is 23.3 Å². The minimum absolute atomic E-state index is 0.0731. The van der Waals surface area contributed by atoms with Crippen LogP contribution >= 0.6 is 11.6 Å². The van der Waals surface area contributed by atoms with Crippen LogP contribution in [0.25, 0.3) is 0 Å². The quantitative estimate of drug-likeness (QED) is 0.313. The zero-order valence-corrected chi connectivity index (χ0v) is 10.4. The first-order chi connectivity index (χ1) is 8.63. The summed E-state index contributed by atoms with van der Waals surface area (Å²) in [5, 5.41) is 11.5. The molecule has 1 aliphatic carbocycles. The van der Waals surface area contributed by atoms with Crippen LogP contribution in [0.5, 0.6) is 0 Å². The first kappa shape index (κ1) is 12.7.